The molecule has 1 saturated heterocycles. The third kappa shape index (κ3) is 8.06. The van der Waals surface area contributed by atoms with E-state index in [0.29, 0.717) is 42.0 Å². The maximum atomic E-state index is 14.7. The number of nitriles is 1. The fourth-order valence-corrected chi connectivity index (χ4v) is 7.30. The van der Waals surface area contributed by atoms with Gasteiger partial charge < -0.3 is 38.4 Å². The zero-order valence-electron chi connectivity index (χ0n) is 29.6. The van der Waals surface area contributed by atoms with E-state index in [2.05, 4.69) is 6.07 Å². The summed E-state index contributed by atoms with van der Waals surface area (Å²) in [6.45, 7) is 1.27. The van der Waals surface area contributed by atoms with Crippen molar-refractivity contribution in [1.29, 1.82) is 5.26 Å². The molecule has 2 fully saturated rings. The standard InChI is InChI=1S/C40H45N5O7/c1-49-27-40(48)19-10-9-15-35(40)45-28-42-36(37(45)31-13-7-4-8-14-31)38(46)44-21-20-43(39(47)52-26-29-11-5-3-6-12-29)25-32(44)18-22-51-33-17-16-30(24-41)23-34(33)50-2/h3-8,11-14,16-17,23,28,32,35,48H,9-10,15,18-22,25-27H2,1-2H3/t32-,35-,40-/m1/s1. The molecule has 1 saturated carbocycles. The maximum absolute atomic E-state index is 14.7. The molecule has 12 heteroatoms. The monoisotopic (exact) mass is 707 g/mol. The summed E-state index contributed by atoms with van der Waals surface area (Å²) in [5.74, 6) is 0.619. The highest BCUT2D eigenvalue weighted by atomic mass is 16.6. The second-order valence-electron chi connectivity index (χ2n) is 13.3. The molecule has 52 heavy (non-hydrogen) atoms. The van der Waals surface area contributed by atoms with Gasteiger partial charge >= 0.3 is 6.09 Å². The normalized spacial score (nSPS) is 20.2. The van der Waals surface area contributed by atoms with Crippen molar-refractivity contribution in [1.82, 2.24) is 19.4 Å². The molecular formula is C40H45N5O7. The van der Waals surface area contributed by atoms with E-state index in [4.69, 9.17) is 23.9 Å². The minimum atomic E-state index is -1.12. The van der Waals surface area contributed by atoms with Crippen LogP contribution in [0.1, 0.15) is 59.8 Å². The zero-order valence-corrected chi connectivity index (χ0v) is 29.6. The Kier molecular flexibility index (Phi) is 11.7. The number of ether oxygens (including phenoxy) is 4. The Morgan fingerprint density at radius 2 is 1.77 bits per heavy atom. The first-order valence-electron chi connectivity index (χ1n) is 17.7. The molecule has 6 rings (SSSR count). The molecule has 12 nitrogen and oxygen atoms in total. The van der Waals surface area contributed by atoms with E-state index in [0.717, 1.165) is 24.0 Å². The summed E-state index contributed by atoms with van der Waals surface area (Å²) >= 11 is 0. The molecule has 0 unspecified atom stereocenters. The predicted molar refractivity (Wildman–Crippen MR) is 193 cm³/mol. The van der Waals surface area contributed by atoms with Crippen LogP contribution in [0.2, 0.25) is 0 Å². The van der Waals surface area contributed by atoms with E-state index < -0.39 is 17.7 Å². The van der Waals surface area contributed by atoms with Gasteiger partial charge in [-0.15, -0.1) is 0 Å². The highest BCUT2D eigenvalue weighted by molar-refractivity contribution is 5.98. The van der Waals surface area contributed by atoms with Crippen LogP contribution in [0.4, 0.5) is 4.79 Å². The number of amides is 2. The van der Waals surface area contributed by atoms with Gasteiger partial charge in [0, 0.05) is 44.8 Å². The number of carbonyl (C=O) groups excluding carboxylic acids is 2. The third-order valence-electron chi connectivity index (χ3n) is 9.94. The lowest BCUT2D eigenvalue weighted by Gasteiger charge is -2.41. The summed E-state index contributed by atoms with van der Waals surface area (Å²) in [6.07, 6.45) is 4.70. The second-order valence-corrected chi connectivity index (χ2v) is 13.3. The minimum absolute atomic E-state index is 0.138. The highest BCUT2D eigenvalue weighted by Crippen LogP contribution is 2.41. The molecule has 0 bridgehead atoms. The van der Waals surface area contributed by atoms with Gasteiger partial charge in [-0.3, -0.25) is 4.79 Å². The lowest BCUT2D eigenvalue weighted by atomic mass is 9.80. The first kappa shape index (κ1) is 36.4. The van der Waals surface area contributed by atoms with E-state index in [1.54, 1.807) is 41.4 Å². The van der Waals surface area contributed by atoms with Gasteiger partial charge in [0.2, 0.25) is 0 Å². The molecule has 3 atom stereocenters. The van der Waals surface area contributed by atoms with Gasteiger partial charge in [0.25, 0.3) is 5.91 Å². The first-order valence-corrected chi connectivity index (χ1v) is 17.7. The van der Waals surface area contributed by atoms with Crippen LogP contribution in [0.5, 0.6) is 11.5 Å². The van der Waals surface area contributed by atoms with E-state index in [-0.39, 0.29) is 57.1 Å². The van der Waals surface area contributed by atoms with Gasteiger partial charge in [0.1, 0.15) is 12.2 Å². The predicted octanol–water partition coefficient (Wildman–Crippen LogP) is 5.86. The van der Waals surface area contributed by atoms with Crippen molar-refractivity contribution in [2.45, 2.75) is 56.4 Å². The number of aromatic nitrogens is 2. The van der Waals surface area contributed by atoms with Crippen LogP contribution >= 0.6 is 0 Å². The second kappa shape index (κ2) is 16.8. The molecule has 1 N–H and O–H groups in total. The Morgan fingerprint density at radius 3 is 2.50 bits per heavy atom. The van der Waals surface area contributed by atoms with Crippen molar-refractivity contribution in [2.24, 2.45) is 0 Å². The van der Waals surface area contributed by atoms with Crippen LogP contribution in [0, 0.1) is 11.3 Å². The molecule has 4 aromatic rings. The van der Waals surface area contributed by atoms with Crippen LogP contribution in [-0.2, 0) is 16.1 Å². The van der Waals surface area contributed by atoms with Gasteiger partial charge in [-0.1, -0.05) is 73.5 Å². The number of hydrogen-bond acceptors (Lipinski definition) is 9. The van der Waals surface area contributed by atoms with Gasteiger partial charge in [-0.25, -0.2) is 9.78 Å². The Bertz CT molecular complexity index is 1860. The molecular weight excluding hydrogens is 662 g/mol. The van der Waals surface area contributed by atoms with E-state index in [1.165, 1.54) is 7.11 Å². The smallest absolute Gasteiger partial charge is 0.410 e. The van der Waals surface area contributed by atoms with Crippen LogP contribution in [-0.4, -0.2) is 95.2 Å². The Balaban J connectivity index is 1.28. The Hall–Kier alpha value is -5.38. The SMILES string of the molecule is COC[C@]1(O)CCCC[C@H]1n1cnc(C(=O)N2CCN(C(=O)OCc3ccccc3)C[C@H]2CCOc2ccc(C#N)cc2OC)c1-c1ccccc1. The molecule has 1 aliphatic carbocycles. The average molecular weight is 708 g/mol. The average Bonchev–Trinajstić information content (AvgIpc) is 3.62. The van der Waals surface area contributed by atoms with Crippen molar-refractivity contribution < 1.29 is 33.6 Å². The number of methoxy groups -OCH3 is 2. The zero-order chi connectivity index (χ0) is 36.5. The Labute approximate surface area is 304 Å². The molecule has 3 aromatic carbocycles. The maximum Gasteiger partial charge on any atom is 0.410 e. The van der Waals surface area contributed by atoms with Gasteiger partial charge in [0.15, 0.2) is 17.2 Å². The van der Waals surface area contributed by atoms with Crippen LogP contribution in [0.15, 0.2) is 85.2 Å². The van der Waals surface area contributed by atoms with Gasteiger partial charge in [0.05, 0.1) is 56.1 Å². The number of nitrogens with zero attached hydrogens (tertiary/aromatic N) is 5. The number of carbonyl (C=O) groups is 2. The van der Waals surface area contributed by atoms with Crippen LogP contribution in [0.25, 0.3) is 11.3 Å². The fourth-order valence-electron chi connectivity index (χ4n) is 7.30. The molecule has 1 aliphatic heterocycles. The van der Waals surface area contributed by atoms with Crippen molar-refractivity contribution in [3.63, 3.8) is 0 Å². The fraction of sp³-hybridized carbons (Fsp3) is 0.400. The van der Waals surface area contributed by atoms with Crippen molar-refractivity contribution in [2.75, 3.05) is 47.1 Å². The van der Waals surface area contributed by atoms with Crippen molar-refractivity contribution >= 4 is 12.0 Å². The number of aliphatic hydroxyl groups is 1. The van der Waals surface area contributed by atoms with Crippen molar-refractivity contribution in [3.05, 3.63) is 102 Å². The van der Waals surface area contributed by atoms with E-state index >= 15 is 0 Å². The number of rotatable bonds is 12. The molecule has 0 spiro atoms. The summed E-state index contributed by atoms with van der Waals surface area (Å²) in [7, 11) is 3.10. The molecule has 1 aromatic heterocycles. The summed E-state index contributed by atoms with van der Waals surface area (Å²) in [6, 6.07) is 25.4. The lowest BCUT2D eigenvalue weighted by Crippen LogP contribution is -2.57. The lowest BCUT2D eigenvalue weighted by molar-refractivity contribution is -0.0893. The van der Waals surface area contributed by atoms with Crippen LogP contribution < -0.4 is 9.47 Å². The number of piperazine rings is 1. The molecule has 0 radical (unpaired) electrons. The Morgan fingerprint density at radius 1 is 1.00 bits per heavy atom. The molecule has 2 aliphatic rings. The molecule has 272 valence electrons. The number of benzene rings is 3. The number of imidazole rings is 1. The molecule has 2 heterocycles. The van der Waals surface area contributed by atoms with Gasteiger partial charge in [-0.2, -0.15) is 5.26 Å². The van der Waals surface area contributed by atoms with Crippen LogP contribution in [0.3, 0.4) is 0 Å². The molecule has 2 amide bonds. The summed E-state index contributed by atoms with van der Waals surface area (Å²) in [4.78, 5) is 36.1. The largest absolute Gasteiger partial charge is 0.493 e. The summed E-state index contributed by atoms with van der Waals surface area (Å²) in [5, 5.41) is 21.1. The highest BCUT2D eigenvalue weighted by Gasteiger charge is 2.43. The summed E-state index contributed by atoms with van der Waals surface area (Å²) in [5.41, 5.74) is 1.93. The third-order valence-corrected chi connectivity index (χ3v) is 9.94. The first-order chi connectivity index (χ1) is 25.3. The number of hydrogen-bond donors (Lipinski definition) is 1. The summed E-state index contributed by atoms with van der Waals surface area (Å²) < 4.78 is 24.7. The van der Waals surface area contributed by atoms with Crippen molar-refractivity contribution in [3.8, 4) is 28.8 Å². The minimum Gasteiger partial charge on any atom is -0.493 e. The van der Waals surface area contributed by atoms with E-state index in [9.17, 15) is 20.0 Å². The van der Waals surface area contributed by atoms with Gasteiger partial charge in [-0.05, 0) is 30.5 Å². The van der Waals surface area contributed by atoms with E-state index in [1.807, 2.05) is 65.2 Å². The topological polar surface area (TPSA) is 139 Å². The quantitative estimate of drug-likeness (QED) is 0.192.